The first-order valence-corrected chi connectivity index (χ1v) is 6.93. The Morgan fingerprint density at radius 3 is 2.67 bits per heavy atom. The van der Waals surface area contributed by atoms with Crippen LogP contribution >= 0.6 is 31.9 Å². The number of aryl methyl sites for hydroxylation is 1. The number of nitrogens with one attached hydrogen (secondary N) is 1. The molecule has 1 heterocycles. The number of aromatic nitrogens is 2. The van der Waals surface area contributed by atoms with E-state index in [2.05, 4.69) is 42.3 Å². The van der Waals surface area contributed by atoms with E-state index in [9.17, 15) is 4.39 Å². The molecule has 3 nitrogen and oxygen atoms in total. The molecule has 0 aliphatic rings. The quantitative estimate of drug-likeness (QED) is 0.889. The van der Waals surface area contributed by atoms with Crippen LogP contribution in [0.1, 0.15) is 17.3 Å². The van der Waals surface area contributed by atoms with Crippen molar-refractivity contribution in [3.05, 3.63) is 50.4 Å². The number of hydrogen-bond acceptors (Lipinski definition) is 2. The molecule has 6 heteroatoms. The Hall–Kier alpha value is -0.720. The van der Waals surface area contributed by atoms with Gasteiger partial charge in [-0.15, -0.1) is 0 Å². The van der Waals surface area contributed by atoms with E-state index in [1.54, 1.807) is 16.9 Å². The number of hydrogen-bond donors (Lipinski definition) is 1. The summed E-state index contributed by atoms with van der Waals surface area (Å²) < 4.78 is 16.7. The van der Waals surface area contributed by atoms with E-state index in [1.807, 2.05) is 20.2 Å². The summed E-state index contributed by atoms with van der Waals surface area (Å²) in [5.74, 6) is -0.272. The minimum Gasteiger partial charge on any atom is -0.308 e. The van der Waals surface area contributed by atoms with Crippen molar-refractivity contribution in [1.82, 2.24) is 15.1 Å². The summed E-state index contributed by atoms with van der Waals surface area (Å²) in [6, 6.07) is 4.87. The van der Waals surface area contributed by atoms with Crippen LogP contribution in [0.25, 0.3) is 0 Å². The molecule has 96 valence electrons. The number of nitrogens with zero attached hydrogens (tertiary/aromatic N) is 2. The minimum atomic E-state index is -0.272. The van der Waals surface area contributed by atoms with Gasteiger partial charge < -0.3 is 5.32 Å². The topological polar surface area (TPSA) is 29.9 Å². The van der Waals surface area contributed by atoms with Crippen LogP contribution in [0.5, 0.6) is 0 Å². The molecular formula is C12H12Br2FN3. The van der Waals surface area contributed by atoms with Gasteiger partial charge in [-0.05, 0) is 50.5 Å². The first-order chi connectivity index (χ1) is 8.56. The predicted octanol–water partition coefficient (Wildman–Crippen LogP) is 3.39. The fourth-order valence-electron chi connectivity index (χ4n) is 1.93. The second-order valence-corrected chi connectivity index (χ2v) is 5.51. The fraction of sp³-hybridized carbons (Fsp3) is 0.250. The molecule has 0 bridgehead atoms. The molecule has 1 N–H and O–H groups in total. The van der Waals surface area contributed by atoms with Crippen LogP contribution < -0.4 is 5.32 Å². The molecule has 0 spiro atoms. The third kappa shape index (κ3) is 2.37. The van der Waals surface area contributed by atoms with Crippen molar-refractivity contribution in [2.75, 3.05) is 7.05 Å². The molecule has 0 radical (unpaired) electrons. The lowest BCUT2D eigenvalue weighted by Crippen LogP contribution is -2.21. The maximum absolute atomic E-state index is 13.6. The van der Waals surface area contributed by atoms with Crippen LogP contribution in [0.3, 0.4) is 0 Å². The fourth-order valence-corrected chi connectivity index (χ4v) is 3.00. The summed E-state index contributed by atoms with van der Waals surface area (Å²) in [4.78, 5) is 0. The summed E-state index contributed by atoms with van der Waals surface area (Å²) >= 11 is 6.76. The van der Waals surface area contributed by atoms with Gasteiger partial charge in [0, 0.05) is 7.05 Å². The van der Waals surface area contributed by atoms with Crippen molar-refractivity contribution in [2.45, 2.75) is 6.04 Å². The van der Waals surface area contributed by atoms with E-state index in [4.69, 9.17) is 0 Å². The molecule has 2 rings (SSSR count). The van der Waals surface area contributed by atoms with Crippen molar-refractivity contribution in [3.8, 4) is 0 Å². The molecule has 0 saturated carbocycles. The van der Waals surface area contributed by atoms with Gasteiger partial charge in [-0.1, -0.05) is 12.1 Å². The van der Waals surface area contributed by atoms with Crippen LogP contribution in [-0.4, -0.2) is 16.8 Å². The Morgan fingerprint density at radius 2 is 2.11 bits per heavy atom. The molecule has 0 aliphatic heterocycles. The standard InChI is InChI=1S/C12H12Br2FN3/c1-16-11(12-8(13)6-17-18(12)2)7-4-3-5-9(15)10(7)14/h3-6,11,16H,1-2H3. The molecule has 18 heavy (non-hydrogen) atoms. The summed E-state index contributed by atoms with van der Waals surface area (Å²) in [5.41, 5.74) is 1.78. The molecule has 0 aliphatic carbocycles. The lowest BCUT2D eigenvalue weighted by atomic mass is 10.0. The van der Waals surface area contributed by atoms with Gasteiger partial charge in [0.25, 0.3) is 0 Å². The molecule has 1 aromatic heterocycles. The van der Waals surface area contributed by atoms with Crippen LogP contribution in [0.15, 0.2) is 33.3 Å². The summed E-state index contributed by atoms with van der Waals surface area (Å²) in [6.45, 7) is 0. The maximum atomic E-state index is 13.6. The molecule has 0 saturated heterocycles. The summed E-state index contributed by atoms with van der Waals surface area (Å²) in [5, 5.41) is 7.37. The highest BCUT2D eigenvalue weighted by atomic mass is 79.9. The van der Waals surface area contributed by atoms with Gasteiger partial charge in [0.15, 0.2) is 0 Å². The molecule has 1 atom stereocenters. The monoisotopic (exact) mass is 375 g/mol. The van der Waals surface area contributed by atoms with E-state index in [0.29, 0.717) is 4.47 Å². The van der Waals surface area contributed by atoms with Crippen molar-refractivity contribution < 1.29 is 4.39 Å². The number of benzene rings is 1. The van der Waals surface area contributed by atoms with Crippen molar-refractivity contribution in [3.63, 3.8) is 0 Å². The predicted molar refractivity (Wildman–Crippen MR) is 75.9 cm³/mol. The van der Waals surface area contributed by atoms with E-state index in [0.717, 1.165) is 15.7 Å². The van der Waals surface area contributed by atoms with Gasteiger partial charge in [0.1, 0.15) is 5.82 Å². The molecule has 0 amide bonds. The number of rotatable bonds is 3. The maximum Gasteiger partial charge on any atom is 0.137 e. The van der Waals surface area contributed by atoms with E-state index in [-0.39, 0.29) is 11.9 Å². The highest BCUT2D eigenvalue weighted by molar-refractivity contribution is 9.10. The minimum absolute atomic E-state index is 0.142. The molecule has 1 unspecified atom stereocenters. The first kappa shape index (κ1) is 13.7. The van der Waals surface area contributed by atoms with Gasteiger partial charge in [0.2, 0.25) is 0 Å². The van der Waals surface area contributed by atoms with E-state index < -0.39 is 0 Å². The van der Waals surface area contributed by atoms with Gasteiger partial charge in [-0.3, -0.25) is 4.68 Å². The average molecular weight is 377 g/mol. The molecule has 2 aromatic rings. The van der Waals surface area contributed by atoms with Gasteiger partial charge in [-0.2, -0.15) is 5.10 Å². The third-order valence-corrected chi connectivity index (χ3v) is 4.24. The largest absolute Gasteiger partial charge is 0.308 e. The lowest BCUT2D eigenvalue weighted by molar-refractivity contribution is 0.584. The van der Waals surface area contributed by atoms with Gasteiger partial charge in [0.05, 0.1) is 26.9 Å². The van der Waals surface area contributed by atoms with Crippen LogP contribution in [0, 0.1) is 5.82 Å². The number of halogens is 3. The first-order valence-electron chi connectivity index (χ1n) is 5.34. The smallest absolute Gasteiger partial charge is 0.137 e. The van der Waals surface area contributed by atoms with E-state index >= 15 is 0 Å². The normalized spacial score (nSPS) is 12.7. The second-order valence-electron chi connectivity index (χ2n) is 3.87. The summed E-state index contributed by atoms with van der Waals surface area (Å²) in [7, 11) is 3.69. The highest BCUT2D eigenvalue weighted by Crippen LogP contribution is 2.33. The zero-order chi connectivity index (χ0) is 13.3. The Balaban J connectivity index is 2.56. The molecular weight excluding hydrogens is 365 g/mol. The Bertz CT molecular complexity index is 549. The molecule has 0 fully saturated rings. The van der Waals surface area contributed by atoms with Crippen LogP contribution in [-0.2, 0) is 7.05 Å². The highest BCUT2D eigenvalue weighted by Gasteiger charge is 2.22. The Kier molecular flexibility index (Phi) is 4.19. The van der Waals surface area contributed by atoms with Crippen LogP contribution in [0.2, 0.25) is 0 Å². The van der Waals surface area contributed by atoms with Crippen molar-refractivity contribution in [1.29, 1.82) is 0 Å². The van der Waals surface area contributed by atoms with Gasteiger partial charge >= 0.3 is 0 Å². The molecule has 1 aromatic carbocycles. The van der Waals surface area contributed by atoms with E-state index in [1.165, 1.54) is 6.07 Å². The zero-order valence-corrected chi connectivity index (χ0v) is 13.1. The van der Waals surface area contributed by atoms with Crippen LogP contribution in [0.4, 0.5) is 4.39 Å². The van der Waals surface area contributed by atoms with Crippen molar-refractivity contribution in [2.24, 2.45) is 7.05 Å². The lowest BCUT2D eigenvalue weighted by Gasteiger charge is -2.19. The summed E-state index contributed by atoms with van der Waals surface area (Å²) in [6.07, 6.45) is 1.73. The average Bonchev–Trinajstić information content (AvgIpc) is 2.67. The SMILES string of the molecule is CNC(c1cccc(F)c1Br)c1c(Br)cnn1C. The van der Waals surface area contributed by atoms with Crippen molar-refractivity contribution >= 4 is 31.9 Å². The Labute approximate surface area is 122 Å². The zero-order valence-electron chi connectivity index (χ0n) is 9.92. The van der Waals surface area contributed by atoms with Gasteiger partial charge in [-0.25, -0.2) is 4.39 Å². The Morgan fingerprint density at radius 1 is 1.39 bits per heavy atom. The third-order valence-electron chi connectivity index (χ3n) is 2.79. The second kappa shape index (κ2) is 5.50.